The van der Waals surface area contributed by atoms with Gasteiger partial charge in [0.1, 0.15) is 6.04 Å². The molecule has 0 bridgehead atoms. The molecule has 0 aliphatic heterocycles. The van der Waals surface area contributed by atoms with Crippen molar-refractivity contribution in [2.24, 2.45) is 11.8 Å². The minimum Gasteiger partial charge on any atom is -0.354 e. The maximum atomic E-state index is 12.3. The Morgan fingerprint density at radius 1 is 1.04 bits per heavy atom. The quantitative estimate of drug-likeness (QED) is 0.643. The second-order valence-electron chi connectivity index (χ2n) is 6.51. The third kappa shape index (κ3) is 7.68. The second-order valence-corrected chi connectivity index (χ2v) is 6.51. The Morgan fingerprint density at radius 2 is 1.70 bits per heavy atom. The zero-order chi connectivity index (χ0) is 17.2. The van der Waals surface area contributed by atoms with Crippen LogP contribution < -0.4 is 16.0 Å². The van der Waals surface area contributed by atoms with Gasteiger partial charge in [0.05, 0.1) is 0 Å². The fourth-order valence-corrected chi connectivity index (χ4v) is 2.20. The number of anilines is 1. The van der Waals surface area contributed by atoms with Gasteiger partial charge in [-0.25, -0.2) is 4.79 Å². The second kappa shape index (κ2) is 9.87. The Morgan fingerprint density at radius 3 is 2.26 bits per heavy atom. The number of amides is 3. The monoisotopic (exact) mass is 319 g/mol. The molecule has 0 radical (unpaired) electrons. The summed E-state index contributed by atoms with van der Waals surface area (Å²) in [5.41, 5.74) is 0.699. The largest absolute Gasteiger partial charge is 0.354 e. The van der Waals surface area contributed by atoms with E-state index < -0.39 is 6.04 Å². The lowest BCUT2D eigenvalue weighted by Crippen LogP contribution is -2.51. The van der Waals surface area contributed by atoms with Gasteiger partial charge in [0.15, 0.2) is 0 Å². The van der Waals surface area contributed by atoms with Crippen LogP contribution in [0.5, 0.6) is 0 Å². The van der Waals surface area contributed by atoms with Crippen LogP contribution in [0.3, 0.4) is 0 Å². The Hall–Kier alpha value is -2.04. The van der Waals surface area contributed by atoms with E-state index in [1.807, 2.05) is 32.0 Å². The van der Waals surface area contributed by atoms with Crippen LogP contribution in [0.2, 0.25) is 0 Å². The van der Waals surface area contributed by atoms with Gasteiger partial charge < -0.3 is 16.0 Å². The number of hydrogen-bond acceptors (Lipinski definition) is 2. The van der Waals surface area contributed by atoms with Gasteiger partial charge in [0, 0.05) is 12.2 Å². The molecule has 0 aromatic heterocycles. The fraction of sp³-hybridized carbons (Fsp3) is 0.556. The summed E-state index contributed by atoms with van der Waals surface area (Å²) < 4.78 is 0. The zero-order valence-electron chi connectivity index (χ0n) is 14.6. The fourth-order valence-electron chi connectivity index (χ4n) is 2.20. The van der Waals surface area contributed by atoms with E-state index >= 15 is 0 Å². The van der Waals surface area contributed by atoms with E-state index in [2.05, 4.69) is 29.8 Å². The van der Waals surface area contributed by atoms with E-state index in [-0.39, 0.29) is 17.9 Å². The Labute approximate surface area is 139 Å². The van der Waals surface area contributed by atoms with Crippen LogP contribution in [0.15, 0.2) is 30.3 Å². The molecule has 3 N–H and O–H groups in total. The molecule has 0 saturated carbocycles. The van der Waals surface area contributed by atoms with E-state index in [9.17, 15) is 9.59 Å². The predicted octanol–water partition coefficient (Wildman–Crippen LogP) is 3.39. The zero-order valence-corrected chi connectivity index (χ0v) is 14.6. The molecule has 23 heavy (non-hydrogen) atoms. The van der Waals surface area contributed by atoms with Crippen molar-refractivity contribution in [1.29, 1.82) is 0 Å². The summed E-state index contributed by atoms with van der Waals surface area (Å²) in [7, 11) is 0. The van der Waals surface area contributed by atoms with Crippen molar-refractivity contribution in [3.05, 3.63) is 30.3 Å². The first-order valence-electron chi connectivity index (χ1n) is 8.30. The number of carbonyl (C=O) groups is 2. The van der Waals surface area contributed by atoms with Crippen LogP contribution >= 0.6 is 0 Å². The summed E-state index contributed by atoms with van der Waals surface area (Å²) in [4.78, 5) is 24.3. The van der Waals surface area contributed by atoms with Crippen LogP contribution in [0.4, 0.5) is 10.5 Å². The lowest BCUT2D eigenvalue weighted by Gasteiger charge is -2.22. The molecule has 0 aliphatic carbocycles. The highest BCUT2D eigenvalue weighted by Crippen LogP contribution is 2.07. The van der Waals surface area contributed by atoms with Crippen molar-refractivity contribution in [2.75, 3.05) is 11.9 Å². The van der Waals surface area contributed by atoms with Crippen LogP contribution in [0.1, 0.15) is 40.5 Å². The molecule has 5 heteroatoms. The molecular weight excluding hydrogens is 290 g/mol. The van der Waals surface area contributed by atoms with Crippen molar-refractivity contribution in [3.8, 4) is 0 Å². The van der Waals surface area contributed by atoms with Crippen LogP contribution in [-0.4, -0.2) is 24.5 Å². The van der Waals surface area contributed by atoms with Crippen molar-refractivity contribution in [1.82, 2.24) is 10.6 Å². The maximum Gasteiger partial charge on any atom is 0.319 e. The summed E-state index contributed by atoms with van der Waals surface area (Å²) >= 11 is 0. The van der Waals surface area contributed by atoms with Crippen molar-refractivity contribution in [2.45, 2.75) is 46.6 Å². The van der Waals surface area contributed by atoms with Crippen LogP contribution in [0, 0.1) is 11.8 Å². The van der Waals surface area contributed by atoms with Crippen LogP contribution in [-0.2, 0) is 4.79 Å². The molecular formula is C18H29N3O2. The summed E-state index contributed by atoms with van der Waals surface area (Å²) in [6.07, 6.45) is 2.03. The van der Waals surface area contributed by atoms with Gasteiger partial charge in [-0.3, -0.25) is 4.79 Å². The van der Waals surface area contributed by atoms with Gasteiger partial charge in [-0.2, -0.15) is 0 Å². The molecule has 1 unspecified atom stereocenters. The normalized spacial score (nSPS) is 12.1. The summed E-state index contributed by atoms with van der Waals surface area (Å²) in [6.45, 7) is 8.80. The third-order valence-electron chi connectivity index (χ3n) is 3.52. The average molecular weight is 319 g/mol. The van der Waals surface area contributed by atoms with Crippen LogP contribution in [0.25, 0.3) is 0 Å². The molecule has 0 heterocycles. The molecule has 0 spiro atoms. The van der Waals surface area contributed by atoms with Crippen molar-refractivity contribution < 1.29 is 9.59 Å². The van der Waals surface area contributed by atoms with E-state index in [4.69, 9.17) is 0 Å². The lowest BCUT2D eigenvalue weighted by atomic mass is 10.0. The first-order chi connectivity index (χ1) is 10.9. The van der Waals surface area contributed by atoms with Gasteiger partial charge in [0.2, 0.25) is 5.91 Å². The van der Waals surface area contributed by atoms with E-state index in [0.717, 1.165) is 12.8 Å². The standard InChI is InChI=1S/C18H29N3O2/c1-13(2)9-8-12-19-17(22)16(14(3)4)21-18(23)20-15-10-6-5-7-11-15/h5-7,10-11,13-14,16H,8-9,12H2,1-4H3,(H,19,22)(H2,20,21,23). The molecule has 1 rings (SSSR count). The number of nitrogens with one attached hydrogen (secondary N) is 3. The molecule has 0 fully saturated rings. The Kier molecular flexibility index (Phi) is 8.16. The number of rotatable bonds is 8. The van der Waals surface area contributed by atoms with Gasteiger partial charge in [-0.05, 0) is 36.8 Å². The topological polar surface area (TPSA) is 70.2 Å². The van der Waals surface area contributed by atoms with E-state index in [1.54, 1.807) is 12.1 Å². The molecule has 0 saturated heterocycles. The summed E-state index contributed by atoms with van der Waals surface area (Å²) in [5, 5.41) is 8.39. The smallest absolute Gasteiger partial charge is 0.319 e. The maximum absolute atomic E-state index is 12.3. The van der Waals surface area contributed by atoms with Crippen molar-refractivity contribution in [3.63, 3.8) is 0 Å². The highest BCUT2D eigenvalue weighted by Gasteiger charge is 2.23. The Balaban J connectivity index is 2.47. The molecule has 1 atom stereocenters. The van der Waals surface area contributed by atoms with Gasteiger partial charge >= 0.3 is 6.03 Å². The first kappa shape index (κ1) is 19.0. The van der Waals surface area contributed by atoms with Crippen molar-refractivity contribution >= 4 is 17.6 Å². The molecule has 1 aromatic carbocycles. The minimum atomic E-state index is -0.544. The minimum absolute atomic E-state index is 0.0154. The summed E-state index contributed by atoms with van der Waals surface area (Å²) in [6, 6.07) is 8.26. The predicted molar refractivity (Wildman–Crippen MR) is 94.3 cm³/mol. The van der Waals surface area contributed by atoms with E-state index in [1.165, 1.54) is 0 Å². The highest BCUT2D eigenvalue weighted by atomic mass is 16.2. The number of carbonyl (C=O) groups excluding carboxylic acids is 2. The molecule has 3 amide bonds. The van der Waals surface area contributed by atoms with E-state index in [0.29, 0.717) is 18.2 Å². The molecule has 0 aliphatic rings. The number of urea groups is 1. The summed E-state index contributed by atoms with van der Waals surface area (Å²) in [5.74, 6) is 0.510. The number of hydrogen-bond donors (Lipinski definition) is 3. The molecule has 5 nitrogen and oxygen atoms in total. The van der Waals surface area contributed by atoms with Gasteiger partial charge in [-0.15, -0.1) is 0 Å². The van der Waals surface area contributed by atoms with Gasteiger partial charge in [0.25, 0.3) is 0 Å². The molecule has 128 valence electrons. The average Bonchev–Trinajstić information content (AvgIpc) is 2.49. The molecule has 1 aromatic rings. The first-order valence-corrected chi connectivity index (χ1v) is 8.30. The number of benzene rings is 1. The third-order valence-corrected chi connectivity index (χ3v) is 3.52. The lowest BCUT2D eigenvalue weighted by molar-refractivity contribution is -0.123. The number of para-hydroxylation sites is 1. The Bertz CT molecular complexity index is 486. The highest BCUT2D eigenvalue weighted by molar-refractivity contribution is 5.93. The van der Waals surface area contributed by atoms with Gasteiger partial charge in [-0.1, -0.05) is 45.9 Å². The SMILES string of the molecule is CC(C)CCCNC(=O)C(NC(=O)Nc1ccccc1)C(C)C.